The second-order valence-electron chi connectivity index (χ2n) is 6.53. The largest absolute Gasteiger partial charge is 0.494 e. The van der Waals surface area contributed by atoms with Crippen LogP contribution in [0.3, 0.4) is 0 Å². The molecule has 148 valence electrons. The number of aryl methyl sites for hydroxylation is 1. The summed E-state index contributed by atoms with van der Waals surface area (Å²) < 4.78 is 11.6. The molecule has 0 aliphatic heterocycles. The minimum Gasteiger partial charge on any atom is -0.494 e. The van der Waals surface area contributed by atoms with Crippen LogP contribution in [0.25, 0.3) is 0 Å². The van der Waals surface area contributed by atoms with Crippen molar-refractivity contribution in [3.05, 3.63) is 29.3 Å². The van der Waals surface area contributed by atoms with Crippen molar-refractivity contribution in [3.8, 4) is 5.75 Å². The van der Waals surface area contributed by atoms with Crippen LogP contribution in [0.5, 0.6) is 5.75 Å². The zero-order valence-electron chi connectivity index (χ0n) is 16.3. The fraction of sp³-hybridized carbons (Fsp3) is 0.650. The first kappa shape index (κ1) is 23.0. The SMILES string of the molecule is CCOc1cc(C)ccc1CNC(=NC)NCCCOC1CCCC1.I. The number of hydrogen-bond acceptors (Lipinski definition) is 3. The topological polar surface area (TPSA) is 54.9 Å². The van der Waals surface area contributed by atoms with Crippen LogP contribution in [0, 0.1) is 6.92 Å². The number of nitrogens with one attached hydrogen (secondary N) is 2. The Hall–Kier alpha value is -1.02. The van der Waals surface area contributed by atoms with E-state index in [-0.39, 0.29) is 24.0 Å². The molecule has 1 aliphatic rings. The van der Waals surface area contributed by atoms with Gasteiger partial charge in [0.15, 0.2) is 5.96 Å². The van der Waals surface area contributed by atoms with Crippen LogP contribution >= 0.6 is 24.0 Å². The molecule has 0 saturated heterocycles. The van der Waals surface area contributed by atoms with E-state index in [2.05, 4.69) is 40.7 Å². The van der Waals surface area contributed by atoms with Gasteiger partial charge < -0.3 is 20.1 Å². The second-order valence-corrected chi connectivity index (χ2v) is 6.53. The molecule has 2 rings (SSSR count). The Morgan fingerprint density at radius 2 is 2.00 bits per heavy atom. The van der Waals surface area contributed by atoms with Crippen molar-refractivity contribution < 1.29 is 9.47 Å². The maximum atomic E-state index is 5.88. The smallest absolute Gasteiger partial charge is 0.191 e. The van der Waals surface area contributed by atoms with E-state index in [9.17, 15) is 0 Å². The first-order chi connectivity index (χ1) is 12.2. The number of halogens is 1. The Balaban J connectivity index is 0.00000338. The summed E-state index contributed by atoms with van der Waals surface area (Å²) in [5.74, 6) is 1.75. The molecule has 6 heteroatoms. The lowest BCUT2D eigenvalue weighted by molar-refractivity contribution is 0.0574. The number of guanidine groups is 1. The first-order valence-corrected chi connectivity index (χ1v) is 9.51. The van der Waals surface area contributed by atoms with Gasteiger partial charge in [-0.1, -0.05) is 25.0 Å². The molecule has 0 radical (unpaired) electrons. The molecular weight excluding hydrogens is 441 g/mol. The predicted molar refractivity (Wildman–Crippen MR) is 119 cm³/mol. The van der Waals surface area contributed by atoms with E-state index in [1.807, 2.05) is 6.92 Å². The van der Waals surface area contributed by atoms with Gasteiger partial charge in [-0.05, 0) is 44.7 Å². The predicted octanol–water partition coefficient (Wildman–Crippen LogP) is 4.03. The Kier molecular flexibility index (Phi) is 11.7. The zero-order chi connectivity index (χ0) is 17.9. The maximum Gasteiger partial charge on any atom is 0.191 e. The van der Waals surface area contributed by atoms with E-state index in [0.29, 0.717) is 19.3 Å². The fourth-order valence-corrected chi connectivity index (χ4v) is 3.08. The average Bonchev–Trinajstić information content (AvgIpc) is 3.12. The number of aliphatic imine (C=N–C) groups is 1. The molecule has 0 unspecified atom stereocenters. The van der Waals surface area contributed by atoms with Gasteiger partial charge in [0, 0.05) is 32.3 Å². The highest BCUT2D eigenvalue weighted by atomic mass is 127. The lowest BCUT2D eigenvalue weighted by atomic mass is 10.1. The van der Waals surface area contributed by atoms with Crippen molar-refractivity contribution in [2.24, 2.45) is 4.99 Å². The van der Waals surface area contributed by atoms with Gasteiger partial charge in [-0.15, -0.1) is 24.0 Å². The molecule has 2 N–H and O–H groups in total. The summed E-state index contributed by atoms with van der Waals surface area (Å²) in [6.45, 7) is 7.12. The molecule has 26 heavy (non-hydrogen) atoms. The Labute approximate surface area is 175 Å². The Morgan fingerprint density at radius 1 is 1.23 bits per heavy atom. The minimum atomic E-state index is 0. The van der Waals surface area contributed by atoms with Crippen LogP contribution in [0.2, 0.25) is 0 Å². The van der Waals surface area contributed by atoms with Crippen molar-refractivity contribution in [1.82, 2.24) is 10.6 Å². The zero-order valence-corrected chi connectivity index (χ0v) is 18.7. The number of hydrogen-bond donors (Lipinski definition) is 2. The number of nitrogens with zero attached hydrogens (tertiary/aromatic N) is 1. The number of benzene rings is 1. The van der Waals surface area contributed by atoms with Crippen LogP contribution < -0.4 is 15.4 Å². The molecular formula is C20H34IN3O2. The standard InChI is InChI=1S/C20H33N3O2.HI/c1-4-24-19-14-16(2)10-11-17(19)15-23-20(21-3)22-12-7-13-25-18-8-5-6-9-18;/h10-11,14,18H,4-9,12-13,15H2,1-3H3,(H2,21,22,23);1H. The summed E-state index contributed by atoms with van der Waals surface area (Å²) >= 11 is 0. The van der Waals surface area contributed by atoms with E-state index >= 15 is 0 Å². The average molecular weight is 475 g/mol. The molecule has 0 atom stereocenters. The highest BCUT2D eigenvalue weighted by molar-refractivity contribution is 14.0. The molecule has 0 amide bonds. The monoisotopic (exact) mass is 475 g/mol. The third kappa shape index (κ3) is 8.12. The lowest BCUT2D eigenvalue weighted by Crippen LogP contribution is -2.37. The van der Waals surface area contributed by atoms with Crippen molar-refractivity contribution in [2.45, 2.75) is 58.6 Å². The molecule has 0 spiro atoms. The lowest BCUT2D eigenvalue weighted by Gasteiger charge is -2.15. The van der Waals surface area contributed by atoms with Crippen LogP contribution in [0.1, 0.15) is 50.2 Å². The third-order valence-electron chi connectivity index (χ3n) is 4.46. The van der Waals surface area contributed by atoms with Gasteiger partial charge in [-0.25, -0.2) is 0 Å². The van der Waals surface area contributed by atoms with Gasteiger partial charge in [0.05, 0.1) is 12.7 Å². The number of ether oxygens (including phenoxy) is 2. The van der Waals surface area contributed by atoms with E-state index in [4.69, 9.17) is 9.47 Å². The molecule has 0 bridgehead atoms. The fourth-order valence-electron chi connectivity index (χ4n) is 3.08. The van der Waals surface area contributed by atoms with E-state index < -0.39 is 0 Å². The minimum absolute atomic E-state index is 0. The summed E-state index contributed by atoms with van der Waals surface area (Å²) in [6, 6.07) is 6.29. The van der Waals surface area contributed by atoms with Crippen LogP contribution in [-0.4, -0.2) is 38.9 Å². The quantitative estimate of drug-likeness (QED) is 0.245. The summed E-state index contributed by atoms with van der Waals surface area (Å²) in [6.07, 6.45) is 6.59. The summed E-state index contributed by atoms with van der Waals surface area (Å²) in [5.41, 5.74) is 2.34. The van der Waals surface area contributed by atoms with Crippen molar-refractivity contribution in [3.63, 3.8) is 0 Å². The molecule has 1 saturated carbocycles. The summed E-state index contributed by atoms with van der Waals surface area (Å²) in [5, 5.41) is 6.70. The molecule has 1 aliphatic carbocycles. The number of rotatable bonds is 9. The van der Waals surface area contributed by atoms with Gasteiger partial charge in [0.1, 0.15) is 5.75 Å². The van der Waals surface area contributed by atoms with Crippen molar-refractivity contribution >= 4 is 29.9 Å². The van der Waals surface area contributed by atoms with Crippen LogP contribution in [0.15, 0.2) is 23.2 Å². The van der Waals surface area contributed by atoms with E-state index in [0.717, 1.165) is 36.8 Å². The molecule has 1 aromatic carbocycles. The van der Waals surface area contributed by atoms with Gasteiger partial charge in [-0.3, -0.25) is 4.99 Å². The molecule has 0 aromatic heterocycles. The van der Waals surface area contributed by atoms with Gasteiger partial charge in [-0.2, -0.15) is 0 Å². The maximum absolute atomic E-state index is 5.88. The highest BCUT2D eigenvalue weighted by Gasteiger charge is 2.14. The highest BCUT2D eigenvalue weighted by Crippen LogP contribution is 2.21. The Bertz CT molecular complexity index is 546. The van der Waals surface area contributed by atoms with Gasteiger partial charge in [0.25, 0.3) is 0 Å². The van der Waals surface area contributed by atoms with Crippen molar-refractivity contribution in [2.75, 3.05) is 26.8 Å². The first-order valence-electron chi connectivity index (χ1n) is 9.51. The van der Waals surface area contributed by atoms with Gasteiger partial charge in [0.2, 0.25) is 0 Å². The summed E-state index contributed by atoms with van der Waals surface area (Å²) in [7, 11) is 1.79. The molecule has 1 aromatic rings. The summed E-state index contributed by atoms with van der Waals surface area (Å²) in [4.78, 5) is 4.28. The van der Waals surface area contributed by atoms with Crippen LogP contribution in [0.4, 0.5) is 0 Å². The molecule has 0 heterocycles. The third-order valence-corrected chi connectivity index (χ3v) is 4.46. The Morgan fingerprint density at radius 3 is 2.69 bits per heavy atom. The van der Waals surface area contributed by atoms with E-state index in [1.54, 1.807) is 7.05 Å². The van der Waals surface area contributed by atoms with Gasteiger partial charge >= 0.3 is 0 Å². The normalized spacial score (nSPS) is 14.8. The molecule has 1 fully saturated rings. The van der Waals surface area contributed by atoms with Crippen LogP contribution in [-0.2, 0) is 11.3 Å². The second kappa shape index (κ2) is 13.2. The van der Waals surface area contributed by atoms with E-state index in [1.165, 1.54) is 31.2 Å². The molecule has 5 nitrogen and oxygen atoms in total. The van der Waals surface area contributed by atoms with Crippen molar-refractivity contribution in [1.29, 1.82) is 0 Å².